The summed E-state index contributed by atoms with van der Waals surface area (Å²) in [5.41, 5.74) is 3.41. The van der Waals surface area contributed by atoms with Crippen molar-refractivity contribution < 1.29 is 9.53 Å². The normalized spacial score (nSPS) is 11.8. The van der Waals surface area contributed by atoms with E-state index in [0.717, 1.165) is 27.8 Å². The summed E-state index contributed by atoms with van der Waals surface area (Å²) in [4.78, 5) is 25.1. The fraction of sp³-hybridized carbons (Fsp3) is 0.208. The minimum atomic E-state index is -0.215. The van der Waals surface area contributed by atoms with Gasteiger partial charge in [-0.2, -0.15) is 0 Å². The molecule has 7 heteroatoms. The molecule has 4 rings (SSSR count). The lowest BCUT2D eigenvalue weighted by atomic mass is 10.1. The van der Waals surface area contributed by atoms with Gasteiger partial charge in [0, 0.05) is 10.9 Å². The maximum absolute atomic E-state index is 12.9. The van der Waals surface area contributed by atoms with Crippen molar-refractivity contribution in [2.75, 3.05) is 0 Å². The summed E-state index contributed by atoms with van der Waals surface area (Å²) in [6.45, 7) is 4.36. The standard InChI is InChI=1S/C24H24N4O2S/c1-3-21(23-25-13-22(27-23)17-8-5-4-6-9-17)28-24(29)18-10-7-11-20(12-18)30-14-19-15-31-16(2)26-19/h4-13,15,21H,3,14H2,1-2H3,(H,25,27)(H,28,29). The Kier molecular flexibility index (Phi) is 6.43. The fourth-order valence-electron chi connectivity index (χ4n) is 3.24. The number of carbonyl (C=O) groups is 1. The van der Waals surface area contributed by atoms with Crippen molar-refractivity contribution in [3.05, 3.63) is 88.3 Å². The van der Waals surface area contributed by atoms with Crippen molar-refractivity contribution in [3.63, 3.8) is 0 Å². The molecule has 1 amide bonds. The van der Waals surface area contributed by atoms with Crippen LogP contribution in [0, 0.1) is 6.92 Å². The number of aryl methyl sites for hydroxylation is 1. The number of hydrogen-bond acceptors (Lipinski definition) is 5. The average molecular weight is 433 g/mol. The lowest BCUT2D eigenvalue weighted by Gasteiger charge is -2.15. The predicted octanol–water partition coefficient (Wildman–Crippen LogP) is 5.30. The molecule has 2 aromatic heterocycles. The van der Waals surface area contributed by atoms with Crippen molar-refractivity contribution in [3.8, 4) is 17.0 Å². The second kappa shape index (κ2) is 9.57. The summed E-state index contributed by atoms with van der Waals surface area (Å²) < 4.78 is 5.81. The van der Waals surface area contributed by atoms with Gasteiger partial charge in [-0.05, 0) is 37.1 Å². The number of aromatic nitrogens is 3. The topological polar surface area (TPSA) is 79.9 Å². The second-order valence-electron chi connectivity index (χ2n) is 7.16. The predicted molar refractivity (Wildman–Crippen MR) is 122 cm³/mol. The van der Waals surface area contributed by atoms with Crippen molar-refractivity contribution in [1.82, 2.24) is 20.3 Å². The monoisotopic (exact) mass is 432 g/mol. The molecule has 0 radical (unpaired) electrons. The Morgan fingerprint density at radius 1 is 1.19 bits per heavy atom. The molecule has 0 fully saturated rings. The molecule has 0 bridgehead atoms. The number of thiazole rings is 1. The van der Waals surface area contributed by atoms with Gasteiger partial charge in [0.2, 0.25) is 0 Å². The van der Waals surface area contributed by atoms with Gasteiger partial charge >= 0.3 is 0 Å². The number of imidazole rings is 1. The minimum absolute atomic E-state index is 0.167. The molecular formula is C24H24N4O2S. The van der Waals surface area contributed by atoms with E-state index in [1.54, 1.807) is 29.7 Å². The van der Waals surface area contributed by atoms with E-state index in [2.05, 4.69) is 20.3 Å². The maximum atomic E-state index is 12.9. The Balaban J connectivity index is 1.42. The largest absolute Gasteiger partial charge is 0.487 e. The van der Waals surface area contributed by atoms with E-state index >= 15 is 0 Å². The fourth-order valence-corrected chi connectivity index (χ4v) is 3.84. The zero-order valence-electron chi connectivity index (χ0n) is 17.5. The van der Waals surface area contributed by atoms with E-state index in [-0.39, 0.29) is 11.9 Å². The molecule has 2 N–H and O–H groups in total. The molecule has 2 aromatic carbocycles. The SMILES string of the molecule is CCC(NC(=O)c1cccc(OCc2csc(C)n2)c1)c1ncc(-c2ccccc2)[nH]1. The Morgan fingerprint density at radius 3 is 2.77 bits per heavy atom. The van der Waals surface area contributed by atoms with Crippen molar-refractivity contribution in [1.29, 1.82) is 0 Å². The number of nitrogens with zero attached hydrogens (tertiary/aromatic N) is 2. The molecule has 1 unspecified atom stereocenters. The van der Waals surface area contributed by atoms with Gasteiger partial charge in [-0.15, -0.1) is 11.3 Å². The Hall–Kier alpha value is -3.45. The molecule has 2 heterocycles. The summed E-state index contributed by atoms with van der Waals surface area (Å²) in [5.74, 6) is 1.20. The number of H-pyrrole nitrogens is 1. The van der Waals surface area contributed by atoms with Crippen LogP contribution in [0.5, 0.6) is 5.75 Å². The minimum Gasteiger partial charge on any atom is -0.487 e. The van der Waals surface area contributed by atoms with Gasteiger partial charge in [0.1, 0.15) is 18.2 Å². The van der Waals surface area contributed by atoms with Gasteiger partial charge in [-0.1, -0.05) is 43.3 Å². The molecule has 0 spiro atoms. The molecule has 0 saturated carbocycles. The van der Waals surface area contributed by atoms with E-state index in [0.29, 0.717) is 24.3 Å². The second-order valence-corrected chi connectivity index (χ2v) is 8.22. The zero-order valence-corrected chi connectivity index (χ0v) is 18.3. The smallest absolute Gasteiger partial charge is 0.252 e. The quantitative estimate of drug-likeness (QED) is 0.396. The molecule has 158 valence electrons. The van der Waals surface area contributed by atoms with Crippen molar-refractivity contribution in [2.24, 2.45) is 0 Å². The molecule has 0 aliphatic heterocycles. The van der Waals surface area contributed by atoms with E-state index in [1.165, 1.54) is 0 Å². The molecule has 0 saturated heterocycles. The molecule has 0 aliphatic carbocycles. The van der Waals surface area contributed by atoms with Gasteiger partial charge in [0.05, 0.1) is 28.6 Å². The lowest BCUT2D eigenvalue weighted by molar-refractivity contribution is 0.0933. The number of aromatic amines is 1. The highest BCUT2D eigenvalue weighted by atomic mass is 32.1. The van der Waals surface area contributed by atoms with Crippen LogP contribution in [0.1, 0.15) is 46.3 Å². The zero-order chi connectivity index (χ0) is 21.6. The van der Waals surface area contributed by atoms with E-state index < -0.39 is 0 Å². The van der Waals surface area contributed by atoms with Gasteiger partial charge < -0.3 is 15.0 Å². The lowest BCUT2D eigenvalue weighted by Crippen LogP contribution is -2.28. The van der Waals surface area contributed by atoms with E-state index in [4.69, 9.17) is 4.74 Å². The number of hydrogen-bond donors (Lipinski definition) is 2. The Morgan fingerprint density at radius 2 is 2.03 bits per heavy atom. The average Bonchev–Trinajstić information content (AvgIpc) is 3.46. The van der Waals surface area contributed by atoms with Gasteiger partial charge in [0.15, 0.2) is 0 Å². The van der Waals surface area contributed by atoms with Crippen LogP contribution in [0.3, 0.4) is 0 Å². The first-order valence-corrected chi connectivity index (χ1v) is 11.1. The van der Waals surface area contributed by atoms with Crippen molar-refractivity contribution >= 4 is 17.2 Å². The van der Waals surface area contributed by atoms with Crippen LogP contribution in [0.2, 0.25) is 0 Å². The Bertz CT molecular complexity index is 1150. The van der Waals surface area contributed by atoms with Crippen LogP contribution < -0.4 is 10.1 Å². The third-order valence-electron chi connectivity index (χ3n) is 4.87. The number of carbonyl (C=O) groups excluding carboxylic acids is 1. The number of ether oxygens (including phenoxy) is 1. The molecule has 6 nitrogen and oxygen atoms in total. The third-order valence-corrected chi connectivity index (χ3v) is 5.70. The summed E-state index contributed by atoms with van der Waals surface area (Å²) in [7, 11) is 0. The number of amides is 1. The van der Waals surface area contributed by atoms with Gasteiger partial charge in [0.25, 0.3) is 5.91 Å². The molecule has 31 heavy (non-hydrogen) atoms. The number of rotatable bonds is 8. The van der Waals surface area contributed by atoms with Crippen LogP contribution in [0.4, 0.5) is 0 Å². The molecule has 1 atom stereocenters. The summed E-state index contributed by atoms with van der Waals surface area (Å²) in [5, 5.41) is 6.05. The highest BCUT2D eigenvalue weighted by Gasteiger charge is 2.18. The van der Waals surface area contributed by atoms with E-state index in [1.807, 2.05) is 61.7 Å². The first-order chi connectivity index (χ1) is 15.1. The third kappa shape index (κ3) is 5.19. The van der Waals surface area contributed by atoms with Gasteiger partial charge in [-0.3, -0.25) is 4.79 Å². The van der Waals surface area contributed by atoms with Crippen LogP contribution in [-0.2, 0) is 6.61 Å². The first-order valence-electron chi connectivity index (χ1n) is 10.2. The first kappa shape index (κ1) is 20.8. The van der Waals surface area contributed by atoms with Crippen molar-refractivity contribution in [2.45, 2.75) is 32.9 Å². The number of benzene rings is 2. The highest BCUT2D eigenvalue weighted by Crippen LogP contribution is 2.22. The highest BCUT2D eigenvalue weighted by molar-refractivity contribution is 7.09. The summed E-state index contributed by atoms with van der Waals surface area (Å²) in [6.07, 6.45) is 2.51. The molecular weight excluding hydrogens is 408 g/mol. The van der Waals surface area contributed by atoms with Crippen LogP contribution in [0.15, 0.2) is 66.2 Å². The van der Waals surface area contributed by atoms with Crippen LogP contribution in [-0.4, -0.2) is 20.9 Å². The summed E-state index contributed by atoms with van der Waals surface area (Å²) >= 11 is 1.59. The molecule has 4 aromatic rings. The van der Waals surface area contributed by atoms with Gasteiger partial charge in [-0.25, -0.2) is 9.97 Å². The number of nitrogens with one attached hydrogen (secondary N) is 2. The summed E-state index contributed by atoms with van der Waals surface area (Å²) in [6, 6.07) is 17.0. The Labute approximate surface area is 185 Å². The molecule has 0 aliphatic rings. The van der Waals surface area contributed by atoms with Crippen LogP contribution >= 0.6 is 11.3 Å². The van der Waals surface area contributed by atoms with Crippen LogP contribution in [0.25, 0.3) is 11.3 Å². The maximum Gasteiger partial charge on any atom is 0.252 e. The van der Waals surface area contributed by atoms with E-state index in [9.17, 15) is 4.79 Å².